The molecule has 0 saturated carbocycles. The Bertz CT molecular complexity index is 358. The summed E-state index contributed by atoms with van der Waals surface area (Å²) < 4.78 is 0. The molecule has 0 aliphatic carbocycles. The fraction of sp³-hybridized carbons (Fsp3) is 0. The minimum atomic E-state index is -0.736. The highest BCUT2D eigenvalue weighted by atomic mass is 35.5. The molecule has 1 heterocycles. The van der Waals surface area contributed by atoms with E-state index in [2.05, 4.69) is 15.0 Å². The van der Waals surface area contributed by atoms with Gasteiger partial charge in [-0.15, -0.1) is 0 Å². The van der Waals surface area contributed by atoms with Crippen LogP contribution < -0.4 is 0 Å². The van der Waals surface area contributed by atoms with E-state index in [1.807, 2.05) is 0 Å². The lowest BCUT2D eigenvalue weighted by molar-refractivity contribution is 0.0995. The monoisotopic (exact) mass is 182 g/mol. The molecular weight excluding hydrogens is 180 g/mol. The SMILES string of the molecule is [N-]=[N+]=NC(=O)c1cccc(Cl)n1. The number of azide groups is 1. The smallest absolute Gasteiger partial charge is 0.267 e. The van der Waals surface area contributed by atoms with Gasteiger partial charge in [0.1, 0.15) is 10.8 Å². The number of aromatic nitrogens is 1. The van der Waals surface area contributed by atoms with Crippen molar-refractivity contribution >= 4 is 17.5 Å². The van der Waals surface area contributed by atoms with E-state index in [9.17, 15) is 4.79 Å². The van der Waals surface area contributed by atoms with Crippen LogP contribution in [0.15, 0.2) is 23.3 Å². The van der Waals surface area contributed by atoms with E-state index in [-0.39, 0.29) is 10.8 Å². The lowest BCUT2D eigenvalue weighted by atomic mass is 10.3. The van der Waals surface area contributed by atoms with Crippen LogP contribution in [0.3, 0.4) is 0 Å². The number of hydrogen-bond donors (Lipinski definition) is 0. The number of nitrogens with zero attached hydrogens (tertiary/aromatic N) is 4. The second kappa shape index (κ2) is 3.71. The molecule has 0 saturated heterocycles. The summed E-state index contributed by atoms with van der Waals surface area (Å²) in [7, 11) is 0. The number of rotatable bonds is 1. The normalized spacial score (nSPS) is 8.75. The fourth-order valence-corrected chi connectivity index (χ4v) is 0.783. The Kier molecular flexibility index (Phi) is 2.63. The van der Waals surface area contributed by atoms with Crippen LogP contribution in [0.25, 0.3) is 10.4 Å². The maximum absolute atomic E-state index is 10.9. The predicted molar refractivity (Wildman–Crippen MR) is 42.7 cm³/mol. The van der Waals surface area contributed by atoms with Crippen LogP contribution in [0, 0.1) is 0 Å². The Labute approximate surface area is 72.6 Å². The van der Waals surface area contributed by atoms with Crippen molar-refractivity contribution in [2.75, 3.05) is 0 Å². The average Bonchev–Trinajstić information content (AvgIpc) is 2.05. The van der Waals surface area contributed by atoms with Crippen molar-refractivity contribution in [3.63, 3.8) is 0 Å². The molecule has 1 amide bonds. The lowest BCUT2D eigenvalue weighted by Crippen LogP contribution is -1.96. The summed E-state index contributed by atoms with van der Waals surface area (Å²) in [5.74, 6) is -0.736. The molecule has 1 rings (SSSR count). The molecule has 0 atom stereocenters. The molecule has 0 fully saturated rings. The van der Waals surface area contributed by atoms with Gasteiger partial charge in [-0.3, -0.25) is 4.79 Å². The molecule has 60 valence electrons. The van der Waals surface area contributed by atoms with E-state index in [1.54, 1.807) is 6.07 Å². The van der Waals surface area contributed by atoms with E-state index in [4.69, 9.17) is 17.1 Å². The Hall–Kier alpha value is -1.58. The van der Waals surface area contributed by atoms with Gasteiger partial charge in [0.2, 0.25) is 0 Å². The summed E-state index contributed by atoms with van der Waals surface area (Å²) in [6, 6.07) is 4.49. The first-order valence-corrected chi connectivity index (χ1v) is 3.34. The summed E-state index contributed by atoms with van der Waals surface area (Å²) in [4.78, 5) is 16.8. The molecule has 0 aromatic carbocycles. The van der Waals surface area contributed by atoms with Crippen molar-refractivity contribution in [2.45, 2.75) is 0 Å². The zero-order valence-electron chi connectivity index (χ0n) is 5.81. The topological polar surface area (TPSA) is 78.7 Å². The van der Waals surface area contributed by atoms with Gasteiger partial charge in [-0.05, 0) is 22.8 Å². The van der Waals surface area contributed by atoms with Gasteiger partial charge in [-0.1, -0.05) is 17.7 Å². The maximum atomic E-state index is 10.9. The molecule has 1 aromatic heterocycles. The third-order valence-corrected chi connectivity index (χ3v) is 1.28. The van der Waals surface area contributed by atoms with E-state index in [1.165, 1.54) is 12.1 Å². The number of amides is 1. The van der Waals surface area contributed by atoms with Gasteiger partial charge in [0.05, 0.1) is 0 Å². The molecule has 0 bridgehead atoms. The molecule has 12 heavy (non-hydrogen) atoms. The van der Waals surface area contributed by atoms with E-state index < -0.39 is 5.91 Å². The van der Waals surface area contributed by atoms with Crippen LogP contribution in [0.1, 0.15) is 10.5 Å². The van der Waals surface area contributed by atoms with Crippen LogP contribution in [0.2, 0.25) is 5.15 Å². The van der Waals surface area contributed by atoms with Gasteiger partial charge in [-0.25, -0.2) is 4.98 Å². The first kappa shape index (κ1) is 8.52. The maximum Gasteiger partial charge on any atom is 0.267 e. The van der Waals surface area contributed by atoms with Crippen molar-refractivity contribution in [3.8, 4) is 0 Å². The average molecular weight is 183 g/mol. The quantitative estimate of drug-likeness (QED) is 0.289. The molecule has 0 aliphatic rings. The van der Waals surface area contributed by atoms with Gasteiger partial charge < -0.3 is 0 Å². The molecular formula is C6H3ClN4O. The number of hydrogen-bond acceptors (Lipinski definition) is 2. The number of carbonyl (C=O) groups excluding carboxylic acids is 1. The Morgan fingerprint density at radius 1 is 1.67 bits per heavy atom. The standard InChI is InChI=1S/C6H3ClN4O/c7-5-3-1-2-4(9-5)6(12)10-11-8/h1-3H. The Morgan fingerprint density at radius 2 is 2.42 bits per heavy atom. The molecule has 0 N–H and O–H groups in total. The van der Waals surface area contributed by atoms with Gasteiger partial charge >= 0.3 is 0 Å². The summed E-state index contributed by atoms with van der Waals surface area (Å²) in [6.45, 7) is 0. The predicted octanol–water partition coefficient (Wildman–Crippen LogP) is 2.19. The van der Waals surface area contributed by atoms with Crippen LogP contribution in [0.5, 0.6) is 0 Å². The van der Waals surface area contributed by atoms with Crippen LogP contribution in [-0.2, 0) is 0 Å². The van der Waals surface area contributed by atoms with Gasteiger partial charge in [0.25, 0.3) is 5.91 Å². The largest absolute Gasteiger partial charge is 0.285 e. The summed E-state index contributed by atoms with van der Waals surface area (Å²) in [5.41, 5.74) is 7.99. The zero-order chi connectivity index (χ0) is 8.97. The van der Waals surface area contributed by atoms with Crippen LogP contribution >= 0.6 is 11.6 Å². The molecule has 5 nitrogen and oxygen atoms in total. The molecule has 0 unspecified atom stereocenters. The third kappa shape index (κ3) is 1.95. The van der Waals surface area contributed by atoms with E-state index in [0.717, 1.165) is 0 Å². The summed E-state index contributed by atoms with van der Waals surface area (Å²) in [5, 5.41) is 3.05. The van der Waals surface area contributed by atoms with Gasteiger partial charge in [0, 0.05) is 4.91 Å². The van der Waals surface area contributed by atoms with E-state index in [0.29, 0.717) is 0 Å². The van der Waals surface area contributed by atoms with Crippen molar-refractivity contribution in [3.05, 3.63) is 39.5 Å². The molecule has 6 heteroatoms. The number of carbonyl (C=O) groups is 1. The van der Waals surface area contributed by atoms with Gasteiger partial charge in [-0.2, -0.15) is 0 Å². The highest BCUT2D eigenvalue weighted by Crippen LogP contribution is 2.05. The molecule has 0 spiro atoms. The Morgan fingerprint density at radius 3 is 3.00 bits per heavy atom. The highest BCUT2D eigenvalue weighted by Gasteiger charge is 2.03. The summed E-state index contributed by atoms with van der Waals surface area (Å²) in [6.07, 6.45) is 0. The third-order valence-electron chi connectivity index (χ3n) is 1.07. The van der Waals surface area contributed by atoms with Crippen molar-refractivity contribution in [1.29, 1.82) is 0 Å². The minimum Gasteiger partial charge on any atom is -0.285 e. The van der Waals surface area contributed by atoms with Crippen molar-refractivity contribution < 1.29 is 4.79 Å². The second-order valence-corrected chi connectivity index (χ2v) is 2.23. The number of halogens is 1. The number of pyridine rings is 1. The molecule has 0 aliphatic heterocycles. The van der Waals surface area contributed by atoms with Crippen molar-refractivity contribution in [1.82, 2.24) is 4.98 Å². The first-order valence-electron chi connectivity index (χ1n) is 2.96. The molecule has 1 aromatic rings. The molecule has 0 radical (unpaired) electrons. The van der Waals surface area contributed by atoms with Gasteiger partial charge in [0.15, 0.2) is 0 Å². The first-order chi connectivity index (χ1) is 5.74. The highest BCUT2D eigenvalue weighted by molar-refractivity contribution is 6.29. The Balaban J connectivity index is 3.03. The van der Waals surface area contributed by atoms with E-state index >= 15 is 0 Å². The van der Waals surface area contributed by atoms with Crippen LogP contribution in [0.4, 0.5) is 0 Å². The fourth-order valence-electron chi connectivity index (χ4n) is 0.619. The zero-order valence-corrected chi connectivity index (χ0v) is 6.56. The van der Waals surface area contributed by atoms with Crippen LogP contribution in [-0.4, -0.2) is 10.9 Å². The minimum absolute atomic E-state index is 0.0419. The summed E-state index contributed by atoms with van der Waals surface area (Å²) >= 11 is 5.49. The second-order valence-electron chi connectivity index (χ2n) is 1.84. The lowest BCUT2D eigenvalue weighted by Gasteiger charge is -1.92. The van der Waals surface area contributed by atoms with Crippen molar-refractivity contribution in [2.24, 2.45) is 5.11 Å².